The van der Waals surface area contributed by atoms with E-state index in [9.17, 15) is 14.7 Å². The smallest absolute Gasteiger partial charge is 0.300 e. The second-order valence-electron chi connectivity index (χ2n) is 6.98. The van der Waals surface area contributed by atoms with Gasteiger partial charge >= 0.3 is 0 Å². The number of carbonyl (C=O) groups excluding carboxylic acids is 2. The number of aryl methyl sites for hydroxylation is 1. The van der Waals surface area contributed by atoms with Crippen LogP contribution in [0.15, 0.2) is 71.6 Å². The van der Waals surface area contributed by atoms with Crippen molar-refractivity contribution in [3.05, 3.63) is 87.6 Å². The standard InChI is InChI=1S/C24H21NO4S/c1-3-29-18-10-5-8-16(14-18)22(26)20-21(19-11-6-12-30-19)25(24(28)23(20)27)17-9-4-7-15(2)13-17/h4-14,21,26H,3H2,1-2H3/b22-20-. The van der Waals surface area contributed by atoms with Gasteiger partial charge in [0.15, 0.2) is 0 Å². The number of ketones is 1. The lowest BCUT2D eigenvalue weighted by Gasteiger charge is -2.24. The molecule has 1 aliphatic rings. The molecule has 1 fully saturated rings. The Bertz CT molecular complexity index is 1130. The molecule has 0 radical (unpaired) electrons. The monoisotopic (exact) mass is 419 g/mol. The summed E-state index contributed by atoms with van der Waals surface area (Å²) < 4.78 is 5.52. The average Bonchev–Trinajstić information content (AvgIpc) is 3.35. The molecule has 2 heterocycles. The number of amides is 1. The molecule has 1 saturated heterocycles. The second-order valence-corrected chi connectivity index (χ2v) is 7.96. The number of anilines is 1. The van der Waals surface area contributed by atoms with Gasteiger partial charge in [0.25, 0.3) is 11.7 Å². The fraction of sp³-hybridized carbons (Fsp3) is 0.167. The summed E-state index contributed by atoms with van der Waals surface area (Å²) in [6.45, 7) is 4.29. The normalized spacial score (nSPS) is 18.1. The summed E-state index contributed by atoms with van der Waals surface area (Å²) in [7, 11) is 0. The van der Waals surface area contributed by atoms with Gasteiger partial charge in [0.1, 0.15) is 17.6 Å². The van der Waals surface area contributed by atoms with E-state index in [1.807, 2.05) is 49.6 Å². The largest absolute Gasteiger partial charge is 0.507 e. The topological polar surface area (TPSA) is 66.8 Å². The van der Waals surface area contributed by atoms with Gasteiger partial charge in [0, 0.05) is 16.1 Å². The number of benzene rings is 2. The van der Waals surface area contributed by atoms with E-state index in [0.29, 0.717) is 23.6 Å². The number of Topliss-reactive ketones (excluding diaryl/α,β-unsaturated/α-hetero) is 1. The highest BCUT2D eigenvalue weighted by Gasteiger charge is 2.47. The molecule has 1 aliphatic heterocycles. The van der Waals surface area contributed by atoms with Gasteiger partial charge in [0.2, 0.25) is 0 Å². The van der Waals surface area contributed by atoms with E-state index in [4.69, 9.17) is 4.74 Å². The lowest BCUT2D eigenvalue weighted by molar-refractivity contribution is -0.132. The Labute approximate surface area is 178 Å². The van der Waals surface area contributed by atoms with E-state index in [1.165, 1.54) is 16.2 Å². The molecular formula is C24H21NO4S. The lowest BCUT2D eigenvalue weighted by Crippen LogP contribution is -2.29. The molecule has 6 heteroatoms. The van der Waals surface area contributed by atoms with Gasteiger partial charge in [-0.25, -0.2) is 0 Å². The van der Waals surface area contributed by atoms with Crippen LogP contribution >= 0.6 is 11.3 Å². The van der Waals surface area contributed by atoms with Crippen LogP contribution < -0.4 is 9.64 Å². The van der Waals surface area contributed by atoms with Crippen molar-refractivity contribution in [2.75, 3.05) is 11.5 Å². The number of hydrogen-bond acceptors (Lipinski definition) is 5. The van der Waals surface area contributed by atoms with Crippen molar-refractivity contribution in [3.63, 3.8) is 0 Å². The molecule has 0 aliphatic carbocycles. The zero-order valence-corrected chi connectivity index (χ0v) is 17.5. The van der Waals surface area contributed by atoms with Crippen LogP contribution in [0.5, 0.6) is 5.75 Å². The summed E-state index contributed by atoms with van der Waals surface area (Å²) in [6, 6.07) is 17.4. The van der Waals surface area contributed by atoms with Gasteiger partial charge in [-0.3, -0.25) is 14.5 Å². The third-order valence-corrected chi connectivity index (χ3v) is 5.88. The zero-order valence-electron chi connectivity index (χ0n) is 16.7. The Morgan fingerprint density at radius 2 is 1.90 bits per heavy atom. The maximum Gasteiger partial charge on any atom is 0.300 e. The molecular weight excluding hydrogens is 398 g/mol. The van der Waals surface area contributed by atoms with Crippen LogP contribution in [-0.2, 0) is 9.59 Å². The van der Waals surface area contributed by atoms with E-state index in [-0.39, 0.29) is 11.3 Å². The molecule has 5 nitrogen and oxygen atoms in total. The average molecular weight is 420 g/mol. The SMILES string of the molecule is CCOc1cccc(/C(O)=C2/C(=O)C(=O)N(c3cccc(C)c3)C2c2cccs2)c1. The lowest BCUT2D eigenvalue weighted by atomic mass is 9.99. The number of aliphatic hydroxyl groups excluding tert-OH is 1. The quantitative estimate of drug-likeness (QED) is 0.356. The van der Waals surface area contributed by atoms with Crippen molar-refractivity contribution in [1.82, 2.24) is 0 Å². The highest BCUT2D eigenvalue weighted by molar-refractivity contribution is 7.10. The first-order valence-electron chi connectivity index (χ1n) is 9.65. The number of carbonyl (C=O) groups is 2. The number of ether oxygens (including phenoxy) is 1. The molecule has 1 amide bonds. The Kier molecular flexibility index (Phi) is 5.42. The molecule has 1 atom stereocenters. The fourth-order valence-electron chi connectivity index (χ4n) is 3.65. The maximum absolute atomic E-state index is 13.1. The van der Waals surface area contributed by atoms with E-state index in [1.54, 1.807) is 30.3 Å². The van der Waals surface area contributed by atoms with Crippen molar-refractivity contribution >= 4 is 34.5 Å². The van der Waals surface area contributed by atoms with Crippen LogP contribution in [0, 0.1) is 6.92 Å². The summed E-state index contributed by atoms with van der Waals surface area (Å²) in [5.41, 5.74) is 2.11. The van der Waals surface area contributed by atoms with Gasteiger partial charge in [-0.2, -0.15) is 0 Å². The van der Waals surface area contributed by atoms with Crippen LogP contribution in [0.25, 0.3) is 5.76 Å². The van der Waals surface area contributed by atoms with Crippen LogP contribution in [0.2, 0.25) is 0 Å². The molecule has 2 aromatic carbocycles. The highest BCUT2D eigenvalue weighted by atomic mass is 32.1. The molecule has 30 heavy (non-hydrogen) atoms. The van der Waals surface area contributed by atoms with Gasteiger partial charge in [0.05, 0.1) is 12.2 Å². The van der Waals surface area contributed by atoms with Crippen LogP contribution in [0.3, 0.4) is 0 Å². The third-order valence-electron chi connectivity index (χ3n) is 4.96. The Morgan fingerprint density at radius 1 is 1.10 bits per heavy atom. The number of hydrogen-bond donors (Lipinski definition) is 1. The van der Waals surface area contributed by atoms with Crippen LogP contribution in [0.4, 0.5) is 5.69 Å². The summed E-state index contributed by atoms with van der Waals surface area (Å²) >= 11 is 1.44. The van der Waals surface area contributed by atoms with Crippen molar-refractivity contribution in [2.24, 2.45) is 0 Å². The van der Waals surface area contributed by atoms with Gasteiger partial charge in [-0.05, 0) is 55.1 Å². The molecule has 1 unspecified atom stereocenters. The molecule has 1 N–H and O–H groups in total. The van der Waals surface area contributed by atoms with Gasteiger partial charge in [-0.1, -0.05) is 30.3 Å². The summed E-state index contributed by atoms with van der Waals surface area (Å²) in [4.78, 5) is 28.4. The summed E-state index contributed by atoms with van der Waals surface area (Å²) in [6.07, 6.45) is 0. The minimum Gasteiger partial charge on any atom is -0.507 e. The molecule has 0 bridgehead atoms. The van der Waals surface area contributed by atoms with Crippen LogP contribution in [-0.4, -0.2) is 23.4 Å². The molecule has 152 valence electrons. The predicted octanol–water partition coefficient (Wildman–Crippen LogP) is 5.08. The fourth-order valence-corrected chi connectivity index (χ4v) is 4.47. The Morgan fingerprint density at radius 3 is 2.60 bits per heavy atom. The minimum atomic E-state index is -0.700. The maximum atomic E-state index is 13.1. The number of thiophene rings is 1. The van der Waals surface area contributed by atoms with Gasteiger partial charge < -0.3 is 9.84 Å². The zero-order chi connectivity index (χ0) is 21.3. The van der Waals surface area contributed by atoms with Gasteiger partial charge in [-0.15, -0.1) is 11.3 Å². The number of nitrogens with zero attached hydrogens (tertiary/aromatic N) is 1. The molecule has 0 saturated carbocycles. The first-order valence-corrected chi connectivity index (χ1v) is 10.5. The Balaban J connectivity index is 1.90. The molecule has 4 rings (SSSR count). The van der Waals surface area contributed by atoms with Crippen molar-refractivity contribution < 1.29 is 19.4 Å². The second kappa shape index (κ2) is 8.16. The third kappa shape index (κ3) is 3.50. The minimum absolute atomic E-state index is 0.0811. The molecule has 3 aromatic rings. The summed E-state index contributed by atoms with van der Waals surface area (Å²) in [5, 5.41) is 13.0. The molecule has 1 aromatic heterocycles. The van der Waals surface area contributed by atoms with Crippen molar-refractivity contribution in [1.29, 1.82) is 0 Å². The highest BCUT2D eigenvalue weighted by Crippen LogP contribution is 2.43. The predicted molar refractivity (Wildman–Crippen MR) is 118 cm³/mol. The number of aliphatic hydroxyl groups is 1. The van der Waals surface area contributed by atoms with E-state index >= 15 is 0 Å². The van der Waals surface area contributed by atoms with E-state index in [2.05, 4.69) is 0 Å². The van der Waals surface area contributed by atoms with Crippen molar-refractivity contribution in [3.8, 4) is 5.75 Å². The summed E-state index contributed by atoms with van der Waals surface area (Å²) in [5.74, 6) is -0.971. The first-order chi connectivity index (χ1) is 14.5. The first kappa shape index (κ1) is 19.9. The number of rotatable bonds is 5. The molecule has 0 spiro atoms. The van der Waals surface area contributed by atoms with E-state index < -0.39 is 17.7 Å². The van der Waals surface area contributed by atoms with Crippen molar-refractivity contribution in [2.45, 2.75) is 19.9 Å². The van der Waals surface area contributed by atoms with E-state index in [0.717, 1.165) is 10.4 Å². The van der Waals surface area contributed by atoms with Crippen LogP contribution in [0.1, 0.15) is 29.0 Å². The Hall–Kier alpha value is -3.38.